The van der Waals surface area contributed by atoms with Crippen molar-refractivity contribution in [3.8, 4) is 27.9 Å². The molecule has 1 nitrogen and oxygen atoms in total. The molecule has 3 heteroatoms. The monoisotopic (exact) mass is 607 g/mol. The summed E-state index contributed by atoms with van der Waals surface area (Å²) in [4.78, 5) is 0. The minimum Gasteiger partial charge on any atom is -0.309 e. The summed E-state index contributed by atoms with van der Waals surface area (Å²) in [5.74, 6) is 0. The van der Waals surface area contributed by atoms with E-state index < -0.39 is 0 Å². The summed E-state index contributed by atoms with van der Waals surface area (Å²) in [7, 11) is 0. The van der Waals surface area contributed by atoms with E-state index in [1.807, 2.05) is 22.7 Å². The number of rotatable bonds is 3. The first kappa shape index (κ1) is 25.1. The predicted molar refractivity (Wildman–Crippen MR) is 197 cm³/mol. The molecule has 0 aliphatic rings. The van der Waals surface area contributed by atoms with E-state index in [4.69, 9.17) is 0 Å². The molecule has 45 heavy (non-hydrogen) atoms. The van der Waals surface area contributed by atoms with Gasteiger partial charge in [0.25, 0.3) is 0 Å². The Morgan fingerprint density at radius 2 is 1.09 bits per heavy atom. The molecule has 10 aromatic rings. The van der Waals surface area contributed by atoms with Crippen LogP contribution in [0.1, 0.15) is 0 Å². The molecule has 0 bridgehead atoms. The van der Waals surface area contributed by atoms with Crippen molar-refractivity contribution >= 4 is 84.8 Å². The van der Waals surface area contributed by atoms with Gasteiger partial charge in [0.2, 0.25) is 0 Å². The van der Waals surface area contributed by atoms with Crippen LogP contribution < -0.4 is 0 Å². The minimum atomic E-state index is 1.23. The first-order valence-electron chi connectivity index (χ1n) is 15.3. The number of aromatic nitrogens is 1. The number of fused-ring (bicyclic) bond motifs is 9. The van der Waals surface area contributed by atoms with Crippen molar-refractivity contribution in [1.82, 2.24) is 4.57 Å². The molecule has 210 valence electrons. The lowest BCUT2D eigenvalue weighted by Gasteiger charge is -2.11. The Labute approximate surface area is 267 Å². The zero-order chi connectivity index (χ0) is 29.5. The third kappa shape index (κ3) is 3.72. The summed E-state index contributed by atoms with van der Waals surface area (Å²) >= 11 is 3.77. The van der Waals surface area contributed by atoms with Crippen LogP contribution in [0.2, 0.25) is 0 Å². The van der Waals surface area contributed by atoms with E-state index in [2.05, 4.69) is 156 Å². The molecule has 0 saturated carbocycles. The lowest BCUT2D eigenvalue weighted by molar-refractivity contribution is 1.20. The van der Waals surface area contributed by atoms with Crippen molar-refractivity contribution in [1.29, 1.82) is 0 Å². The van der Waals surface area contributed by atoms with Crippen molar-refractivity contribution in [2.75, 3.05) is 0 Å². The first-order valence-corrected chi connectivity index (χ1v) is 16.9. The maximum Gasteiger partial charge on any atom is 0.0555 e. The molecular weight excluding hydrogens is 583 g/mol. The van der Waals surface area contributed by atoms with Crippen LogP contribution in [0, 0.1) is 0 Å². The molecule has 0 N–H and O–H groups in total. The summed E-state index contributed by atoms with van der Waals surface area (Å²) in [6.07, 6.45) is 0. The normalized spacial score (nSPS) is 12.0. The third-order valence-corrected chi connectivity index (χ3v) is 11.6. The van der Waals surface area contributed by atoms with E-state index in [1.54, 1.807) is 0 Å². The second kappa shape index (κ2) is 9.64. The van der Waals surface area contributed by atoms with Gasteiger partial charge in [-0.2, -0.15) is 0 Å². The molecule has 0 fully saturated rings. The van der Waals surface area contributed by atoms with Gasteiger partial charge in [0, 0.05) is 51.1 Å². The van der Waals surface area contributed by atoms with Gasteiger partial charge in [0.05, 0.1) is 16.7 Å². The van der Waals surface area contributed by atoms with Crippen LogP contribution in [0.3, 0.4) is 0 Å². The first-order chi connectivity index (χ1) is 22.3. The number of hydrogen-bond acceptors (Lipinski definition) is 2. The van der Waals surface area contributed by atoms with E-state index in [9.17, 15) is 0 Å². The van der Waals surface area contributed by atoms with E-state index in [0.717, 1.165) is 0 Å². The van der Waals surface area contributed by atoms with Crippen molar-refractivity contribution in [3.63, 3.8) is 0 Å². The van der Waals surface area contributed by atoms with Gasteiger partial charge in [-0.3, -0.25) is 0 Å². The van der Waals surface area contributed by atoms with Crippen LogP contribution in [0.5, 0.6) is 0 Å². The van der Waals surface area contributed by atoms with Crippen LogP contribution in [-0.4, -0.2) is 4.57 Å². The molecule has 0 spiro atoms. The molecule has 0 radical (unpaired) electrons. The highest BCUT2D eigenvalue weighted by atomic mass is 32.1. The van der Waals surface area contributed by atoms with Gasteiger partial charge in [-0.25, -0.2) is 0 Å². The lowest BCUT2D eigenvalue weighted by atomic mass is 10.00. The second-order valence-corrected chi connectivity index (χ2v) is 13.8. The summed E-state index contributed by atoms with van der Waals surface area (Å²) in [5.41, 5.74) is 8.69. The third-order valence-electron chi connectivity index (χ3n) is 9.21. The predicted octanol–water partition coefficient (Wildman–Crippen LogP) is 12.9. The fraction of sp³-hybridized carbons (Fsp3) is 0. The van der Waals surface area contributed by atoms with Gasteiger partial charge in [-0.1, -0.05) is 109 Å². The molecule has 0 saturated heterocycles. The van der Waals surface area contributed by atoms with Crippen LogP contribution in [0.15, 0.2) is 152 Å². The van der Waals surface area contributed by atoms with Crippen molar-refractivity contribution in [2.24, 2.45) is 0 Å². The zero-order valence-electron chi connectivity index (χ0n) is 24.2. The SMILES string of the molecule is c1ccc(-c2ccc3c4cc(-c5cccc6c5sc5ccccc56)ccc4n(-c4cccc5sc6ccccc6c45)c3c2)cc1. The Bertz CT molecular complexity index is 2760. The molecule has 10 rings (SSSR count). The van der Waals surface area contributed by atoms with Crippen molar-refractivity contribution < 1.29 is 0 Å². The molecule has 0 unspecified atom stereocenters. The summed E-state index contributed by atoms with van der Waals surface area (Å²) < 4.78 is 7.83. The molecule has 0 amide bonds. The van der Waals surface area contributed by atoms with Crippen LogP contribution >= 0.6 is 22.7 Å². The van der Waals surface area contributed by atoms with Gasteiger partial charge < -0.3 is 4.57 Å². The quantitative estimate of drug-likeness (QED) is 0.188. The smallest absolute Gasteiger partial charge is 0.0555 e. The Kier molecular flexibility index (Phi) is 5.39. The fourth-order valence-corrected chi connectivity index (χ4v) is 9.54. The maximum absolute atomic E-state index is 2.50. The number of hydrogen-bond donors (Lipinski definition) is 0. The van der Waals surface area contributed by atoms with Crippen molar-refractivity contribution in [3.05, 3.63) is 152 Å². The largest absolute Gasteiger partial charge is 0.309 e. The zero-order valence-corrected chi connectivity index (χ0v) is 25.8. The average Bonchev–Trinajstić information content (AvgIpc) is 3.77. The van der Waals surface area contributed by atoms with Crippen LogP contribution in [-0.2, 0) is 0 Å². The van der Waals surface area contributed by atoms with E-state index >= 15 is 0 Å². The topological polar surface area (TPSA) is 4.93 Å². The molecular formula is C42H25NS2. The van der Waals surface area contributed by atoms with Gasteiger partial charge in [-0.05, 0) is 64.7 Å². The number of thiophene rings is 2. The van der Waals surface area contributed by atoms with E-state index in [-0.39, 0.29) is 0 Å². The Balaban J connectivity index is 1.29. The highest BCUT2D eigenvalue weighted by Gasteiger charge is 2.19. The summed E-state index contributed by atoms with van der Waals surface area (Å²) in [5, 5.41) is 7.85. The molecule has 0 aliphatic carbocycles. The molecule has 7 aromatic carbocycles. The Morgan fingerprint density at radius 3 is 1.98 bits per heavy atom. The van der Waals surface area contributed by atoms with Gasteiger partial charge >= 0.3 is 0 Å². The van der Waals surface area contributed by atoms with Crippen LogP contribution in [0.4, 0.5) is 0 Å². The van der Waals surface area contributed by atoms with Gasteiger partial charge in [0.1, 0.15) is 0 Å². The molecule has 0 aliphatic heterocycles. The van der Waals surface area contributed by atoms with Gasteiger partial charge in [0.15, 0.2) is 0 Å². The average molecular weight is 608 g/mol. The van der Waals surface area contributed by atoms with Gasteiger partial charge in [-0.15, -0.1) is 22.7 Å². The summed E-state index contributed by atoms with van der Waals surface area (Å²) in [6.45, 7) is 0. The van der Waals surface area contributed by atoms with E-state index in [0.29, 0.717) is 0 Å². The summed E-state index contributed by atoms with van der Waals surface area (Å²) in [6, 6.07) is 55.9. The minimum absolute atomic E-state index is 1.23. The maximum atomic E-state index is 2.50. The van der Waals surface area contributed by atoms with Crippen LogP contribution in [0.25, 0.3) is 90.1 Å². The highest BCUT2D eigenvalue weighted by molar-refractivity contribution is 7.26. The number of benzene rings is 7. The Hall–Kier alpha value is -5.22. The van der Waals surface area contributed by atoms with Crippen molar-refractivity contribution in [2.45, 2.75) is 0 Å². The fourth-order valence-electron chi connectivity index (χ4n) is 7.17. The Morgan fingerprint density at radius 1 is 0.378 bits per heavy atom. The number of nitrogens with zero attached hydrogens (tertiary/aromatic N) is 1. The molecule has 0 atom stereocenters. The lowest BCUT2D eigenvalue weighted by Crippen LogP contribution is -1.95. The molecule has 3 heterocycles. The van der Waals surface area contributed by atoms with E-state index in [1.165, 1.54) is 90.1 Å². The standard InChI is InChI=1S/C42H25NS2/c1-2-10-26(11-3-1)27-20-22-30-34-24-28(29-14-8-15-32-31-12-4-6-17-38(31)45-42(29)32)21-23-35(34)43(37(30)25-27)36-16-9-19-40-41(36)33-13-5-7-18-39(33)44-40/h1-25H. The highest BCUT2D eigenvalue weighted by Crippen LogP contribution is 2.44. The molecule has 3 aromatic heterocycles. The second-order valence-electron chi connectivity index (χ2n) is 11.7.